The highest BCUT2D eigenvalue weighted by Crippen LogP contribution is 2.19. The lowest BCUT2D eigenvalue weighted by molar-refractivity contribution is 0.289. The molecule has 4 heteroatoms. The van der Waals surface area contributed by atoms with E-state index >= 15 is 0 Å². The maximum Gasteiger partial charge on any atom is 0.208 e. The van der Waals surface area contributed by atoms with Crippen molar-refractivity contribution >= 4 is 10.0 Å². The van der Waals surface area contributed by atoms with Crippen molar-refractivity contribution in [2.75, 3.05) is 12.8 Å². The highest BCUT2D eigenvalue weighted by atomic mass is 32.2. The second kappa shape index (κ2) is 4.96. The molecule has 0 aliphatic heterocycles. The van der Waals surface area contributed by atoms with Crippen molar-refractivity contribution < 1.29 is 8.42 Å². The molecule has 0 saturated heterocycles. The summed E-state index contributed by atoms with van der Waals surface area (Å²) >= 11 is 0. The molecule has 0 aliphatic carbocycles. The van der Waals surface area contributed by atoms with E-state index in [-0.39, 0.29) is 0 Å². The minimum absolute atomic E-state index is 0.412. The number of hydrogen-bond acceptors (Lipinski definition) is 2. The van der Waals surface area contributed by atoms with E-state index in [0.717, 1.165) is 0 Å². The molecule has 0 saturated carbocycles. The van der Waals surface area contributed by atoms with Crippen LogP contribution in [-0.4, -0.2) is 21.2 Å². The van der Waals surface area contributed by atoms with Gasteiger partial charge in [-0.15, -0.1) is 0 Å². The molecule has 0 aromatic carbocycles. The predicted octanol–water partition coefficient (Wildman–Crippen LogP) is 1.46. The molecule has 0 aromatic rings. The van der Waals surface area contributed by atoms with Gasteiger partial charge >= 0.3 is 0 Å². The van der Waals surface area contributed by atoms with E-state index in [1.807, 2.05) is 0 Å². The van der Waals surface area contributed by atoms with Gasteiger partial charge in [-0.2, -0.15) is 0 Å². The molecule has 0 fully saturated rings. The van der Waals surface area contributed by atoms with E-state index in [1.165, 1.54) is 6.26 Å². The number of sulfonamides is 1. The Kier molecular flexibility index (Phi) is 4.92. The first-order chi connectivity index (χ1) is 5.74. The van der Waals surface area contributed by atoms with Crippen LogP contribution >= 0.6 is 0 Å². The Morgan fingerprint density at radius 3 is 1.69 bits per heavy atom. The van der Waals surface area contributed by atoms with E-state index in [0.29, 0.717) is 24.3 Å². The molecule has 0 amide bonds. The highest BCUT2D eigenvalue weighted by molar-refractivity contribution is 7.88. The Balaban J connectivity index is 4.13. The maximum atomic E-state index is 10.9. The van der Waals surface area contributed by atoms with Crippen molar-refractivity contribution in [1.82, 2.24) is 4.72 Å². The lowest BCUT2D eigenvalue weighted by atomic mass is 9.86. The largest absolute Gasteiger partial charge is 0.215 e. The van der Waals surface area contributed by atoms with Gasteiger partial charge in [-0.1, -0.05) is 27.7 Å². The van der Waals surface area contributed by atoms with E-state index in [2.05, 4.69) is 32.4 Å². The van der Waals surface area contributed by atoms with Crippen molar-refractivity contribution in [3.63, 3.8) is 0 Å². The first-order valence-corrected chi connectivity index (χ1v) is 6.57. The van der Waals surface area contributed by atoms with Crippen LogP contribution in [0, 0.1) is 17.8 Å². The van der Waals surface area contributed by atoms with E-state index in [4.69, 9.17) is 0 Å². The zero-order valence-corrected chi connectivity index (χ0v) is 9.98. The van der Waals surface area contributed by atoms with Gasteiger partial charge in [-0.25, -0.2) is 13.1 Å². The summed E-state index contributed by atoms with van der Waals surface area (Å²) in [6.07, 6.45) is 1.20. The van der Waals surface area contributed by atoms with Gasteiger partial charge < -0.3 is 0 Å². The zero-order valence-electron chi connectivity index (χ0n) is 9.16. The average molecular weight is 207 g/mol. The van der Waals surface area contributed by atoms with Crippen LogP contribution in [-0.2, 0) is 10.0 Å². The van der Waals surface area contributed by atoms with Gasteiger partial charge in [0, 0.05) is 6.54 Å². The lowest BCUT2D eigenvalue weighted by Gasteiger charge is -2.24. The first kappa shape index (κ1) is 12.9. The summed E-state index contributed by atoms with van der Waals surface area (Å²) in [6, 6.07) is 0. The molecule has 0 heterocycles. The minimum Gasteiger partial charge on any atom is -0.215 e. The van der Waals surface area contributed by atoms with Gasteiger partial charge in [0.2, 0.25) is 10.0 Å². The summed E-state index contributed by atoms with van der Waals surface area (Å²) < 4.78 is 24.3. The molecule has 0 aromatic heterocycles. The first-order valence-electron chi connectivity index (χ1n) is 4.68. The van der Waals surface area contributed by atoms with Crippen LogP contribution in [0.2, 0.25) is 0 Å². The zero-order chi connectivity index (χ0) is 10.6. The van der Waals surface area contributed by atoms with Gasteiger partial charge in [0.25, 0.3) is 0 Å². The van der Waals surface area contributed by atoms with Gasteiger partial charge in [0.1, 0.15) is 0 Å². The van der Waals surface area contributed by atoms with Gasteiger partial charge in [-0.3, -0.25) is 0 Å². The number of hydrogen-bond donors (Lipinski definition) is 1. The molecule has 0 atom stereocenters. The molecule has 3 nitrogen and oxygen atoms in total. The van der Waals surface area contributed by atoms with Crippen LogP contribution in [0.25, 0.3) is 0 Å². The number of rotatable bonds is 5. The fourth-order valence-electron chi connectivity index (χ4n) is 1.49. The van der Waals surface area contributed by atoms with Crippen molar-refractivity contribution in [2.45, 2.75) is 27.7 Å². The van der Waals surface area contributed by atoms with E-state index < -0.39 is 10.0 Å². The second-order valence-electron chi connectivity index (χ2n) is 4.27. The van der Waals surface area contributed by atoms with Crippen molar-refractivity contribution in [1.29, 1.82) is 0 Å². The van der Waals surface area contributed by atoms with Crippen LogP contribution in [0.1, 0.15) is 27.7 Å². The molecule has 0 unspecified atom stereocenters. The van der Waals surface area contributed by atoms with Crippen LogP contribution in [0.5, 0.6) is 0 Å². The van der Waals surface area contributed by atoms with Crippen LogP contribution in [0.15, 0.2) is 0 Å². The lowest BCUT2D eigenvalue weighted by Crippen LogP contribution is -2.33. The third-order valence-corrected chi connectivity index (χ3v) is 2.98. The molecule has 0 spiro atoms. The standard InChI is InChI=1S/C9H21NO2S/c1-7(2)9(8(3)4)6-10-13(5,11)12/h7-10H,6H2,1-5H3. The van der Waals surface area contributed by atoms with Crippen molar-refractivity contribution in [2.24, 2.45) is 17.8 Å². The third-order valence-electron chi connectivity index (χ3n) is 2.29. The Morgan fingerprint density at radius 2 is 1.46 bits per heavy atom. The van der Waals surface area contributed by atoms with Gasteiger partial charge in [0.15, 0.2) is 0 Å². The highest BCUT2D eigenvalue weighted by Gasteiger charge is 2.18. The van der Waals surface area contributed by atoms with Crippen LogP contribution in [0.3, 0.4) is 0 Å². The van der Waals surface area contributed by atoms with Crippen molar-refractivity contribution in [3.8, 4) is 0 Å². The Labute approximate surface area is 82.0 Å². The molecule has 0 radical (unpaired) electrons. The summed E-state index contributed by atoms with van der Waals surface area (Å²) in [5.74, 6) is 1.43. The Hall–Kier alpha value is -0.0900. The topological polar surface area (TPSA) is 46.2 Å². The SMILES string of the molecule is CC(C)C(CNS(C)(=O)=O)C(C)C. The van der Waals surface area contributed by atoms with Gasteiger partial charge in [-0.05, 0) is 17.8 Å². The van der Waals surface area contributed by atoms with Gasteiger partial charge in [0.05, 0.1) is 6.26 Å². The quantitative estimate of drug-likeness (QED) is 0.742. The van der Waals surface area contributed by atoms with E-state index in [1.54, 1.807) is 0 Å². The Bertz CT molecular complexity index is 224. The molecule has 0 rings (SSSR count). The third kappa shape index (κ3) is 6.05. The molecule has 0 aliphatic rings. The number of nitrogens with one attached hydrogen (secondary N) is 1. The maximum absolute atomic E-state index is 10.9. The summed E-state index contributed by atoms with van der Waals surface area (Å²) in [4.78, 5) is 0. The Morgan fingerprint density at radius 1 is 1.08 bits per heavy atom. The molecular weight excluding hydrogens is 186 g/mol. The predicted molar refractivity (Wildman–Crippen MR) is 56.0 cm³/mol. The minimum atomic E-state index is -3.04. The molecular formula is C9H21NO2S. The summed E-state index contributed by atoms with van der Waals surface area (Å²) in [7, 11) is -3.04. The van der Waals surface area contributed by atoms with Crippen LogP contribution < -0.4 is 4.72 Å². The molecule has 13 heavy (non-hydrogen) atoms. The smallest absolute Gasteiger partial charge is 0.208 e. The van der Waals surface area contributed by atoms with Crippen molar-refractivity contribution in [3.05, 3.63) is 0 Å². The van der Waals surface area contributed by atoms with Crippen LogP contribution in [0.4, 0.5) is 0 Å². The molecule has 80 valence electrons. The normalized spacial score (nSPS) is 13.2. The average Bonchev–Trinajstić information content (AvgIpc) is 1.82. The summed E-state index contributed by atoms with van der Waals surface area (Å²) in [6.45, 7) is 9.03. The molecule has 0 bridgehead atoms. The fourth-order valence-corrected chi connectivity index (χ4v) is 1.98. The second-order valence-corrected chi connectivity index (χ2v) is 6.11. The summed E-state index contributed by atoms with van der Waals surface area (Å²) in [5, 5.41) is 0. The molecule has 1 N–H and O–H groups in total. The van der Waals surface area contributed by atoms with E-state index in [9.17, 15) is 8.42 Å². The fraction of sp³-hybridized carbons (Fsp3) is 1.00. The monoisotopic (exact) mass is 207 g/mol. The summed E-state index contributed by atoms with van der Waals surface area (Å²) in [5.41, 5.74) is 0.